The Morgan fingerprint density at radius 2 is 0.540 bits per heavy atom. The Morgan fingerprint density at radius 3 is 0.820 bits per heavy atom. The highest BCUT2D eigenvalue weighted by Crippen LogP contribution is 2.39. The Kier molecular flexibility index (Phi) is 30.6. The van der Waals surface area contributed by atoms with Crippen LogP contribution in [-0.4, -0.2) is 64.2 Å². The number of halogens is 8. The Labute approximate surface area is 876 Å². The lowest BCUT2D eigenvalue weighted by atomic mass is 10.1. The molecule has 0 unspecified atom stereocenters. The van der Waals surface area contributed by atoms with Crippen LogP contribution in [0, 0.1) is 18.5 Å². The summed E-state index contributed by atoms with van der Waals surface area (Å²) in [6, 6.07) is 141. The molecule has 23 rings (SSSR count). The molecule has 670 valence electrons. The van der Waals surface area contributed by atoms with Crippen molar-refractivity contribution in [2.45, 2.75) is 0 Å². The number of benzene rings is 17. The molecule has 0 amide bonds. The van der Waals surface area contributed by atoms with E-state index in [0.29, 0.717) is 63.5 Å². The smallest absolute Gasteiger partial charge is 0.252 e. The number of hydrogen-bond donors (Lipinski definition) is 1. The number of H-pyrrole nitrogens is 1. The summed E-state index contributed by atoms with van der Waals surface area (Å²) < 4.78 is 11.8. The summed E-state index contributed by atoms with van der Waals surface area (Å²) in [7, 11) is 0. The summed E-state index contributed by atoms with van der Waals surface area (Å²) in [4.78, 5) is 57.7. The van der Waals surface area contributed by atoms with Crippen LogP contribution in [0.1, 0.15) is 27.0 Å². The largest absolute Gasteiger partial charge is 0.355 e. The molecule has 6 heterocycles. The molecule has 0 aliphatic rings. The average molecular weight is 2370 g/mol. The van der Waals surface area contributed by atoms with Crippen LogP contribution in [0.4, 0.5) is 0 Å². The number of carbonyl (C=O) groups is 1. The van der Waals surface area contributed by atoms with Crippen LogP contribution >= 0.6 is 136 Å². The zero-order valence-corrected chi connectivity index (χ0v) is 86.6. The Morgan fingerprint density at radius 1 is 0.288 bits per heavy atom. The quantitative estimate of drug-likeness (QED) is 0.0808. The molecule has 0 atom stereocenters. The number of nitrogens with one attached hydrogen (secondary N) is 1. The van der Waals surface area contributed by atoms with Gasteiger partial charge in [-0.1, -0.05) is 354 Å². The number of rotatable bonds is 14. The van der Waals surface area contributed by atoms with Crippen LogP contribution in [0.5, 0.6) is 0 Å². The van der Waals surface area contributed by atoms with Crippen molar-refractivity contribution in [2.24, 2.45) is 0 Å². The highest BCUT2D eigenvalue weighted by Gasteiger charge is 2.21. The van der Waals surface area contributed by atoms with E-state index in [9.17, 15) is 4.79 Å². The molecule has 17 aromatic carbocycles. The van der Waals surface area contributed by atoms with Crippen molar-refractivity contribution < 1.29 is 4.79 Å². The van der Waals surface area contributed by atoms with E-state index in [0.717, 1.165) is 121 Å². The van der Waals surface area contributed by atoms with Gasteiger partial charge in [0.1, 0.15) is 0 Å². The number of nitriles is 1. The molecule has 0 spiro atoms. The maximum Gasteiger partial charge on any atom is 0.252 e. The lowest BCUT2D eigenvalue weighted by Gasteiger charge is -2.13. The minimum absolute atomic E-state index is 0.406. The van der Waals surface area contributed by atoms with Crippen LogP contribution in [0.2, 0.25) is 0 Å². The third-order valence-electron chi connectivity index (χ3n) is 22.5. The molecule has 14 nitrogen and oxygen atoms in total. The number of aromatic amines is 1. The van der Waals surface area contributed by atoms with Crippen LogP contribution in [-0.2, 0) is 0 Å². The third kappa shape index (κ3) is 22.9. The van der Waals surface area contributed by atoms with Gasteiger partial charge < -0.3 is 14.1 Å². The normalized spacial score (nSPS) is 10.8. The zero-order chi connectivity index (χ0) is 95.8. The van der Waals surface area contributed by atoms with E-state index in [1.165, 1.54) is 46.9 Å². The van der Waals surface area contributed by atoms with Gasteiger partial charge in [-0.05, 0) is 232 Å². The van der Waals surface area contributed by atoms with Crippen LogP contribution in [0.25, 0.3) is 191 Å². The first-order chi connectivity index (χ1) is 67.9. The molecule has 23 aromatic rings. The van der Waals surface area contributed by atoms with Gasteiger partial charge in [-0.2, -0.15) is 5.26 Å². The van der Waals surface area contributed by atoms with Crippen molar-refractivity contribution in [3.8, 4) is 120 Å². The summed E-state index contributed by atoms with van der Waals surface area (Å²) in [6.45, 7) is 7.74. The summed E-state index contributed by atoms with van der Waals surface area (Å²) in [6.07, 6.45) is 3.66. The highest BCUT2D eigenvalue weighted by molar-refractivity contribution is 14.1. The average Bonchev–Trinajstić information content (AvgIpc) is 1.60. The van der Waals surface area contributed by atoms with Crippen molar-refractivity contribution in [1.29, 1.82) is 5.26 Å². The highest BCUT2D eigenvalue weighted by atomic mass is 127. The monoisotopic (exact) mass is 2360 g/mol. The second-order valence-corrected chi connectivity index (χ2v) is 39.0. The van der Waals surface area contributed by atoms with Crippen molar-refractivity contribution in [1.82, 2.24) is 59.0 Å². The lowest BCUT2D eigenvalue weighted by Crippen LogP contribution is -2.02. The van der Waals surface area contributed by atoms with Crippen molar-refractivity contribution in [3.05, 3.63) is 477 Å². The van der Waals surface area contributed by atoms with Crippen LogP contribution in [0.15, 0.2) is 448 Å². The minimum atomic E-state index is -0.406. The van der Waals surface area contributed by atoms with Gasteiger partial charge in [0.05, 0.1) is 33.7 Å². The zero-order valence-electron chi connectivity index (χ0n) is 73.6. The van der Waals surface area contributed by atoms with E-state index in [1.807, 2.05) is 200 Å². The van der Waals surface area contributed by atoms with Gasteiger partial charge in [0.2, 0.25) is 0 Å². The van der Waals surface area contributed by atoms with E-state index < -0.39 is 5.24 Å². The molecule has 22 heteroatoms. The molecule has 0 radical (unpaired) electrons. The third-order valence-corrected chi connectivity index (χ3v) is 26.6. The fourth-order valence-corrected chi connectivity index (χ4v) is 18.7. The molecule has 0 aliphatic carbocycles. The minimum Gasteiger partial charge on any atom is -0.355 e. The number of nitrogens with zero attached hydrogens (tertiary/aromatic N) is 12. The first-order valence-corrected chi connectivity index (χ1v) is 50.2. The number of para-hydroxylation sites is 6. The molecular weight excluding hydrogens is 2290 g/mol. The number of hydrogen-bond acceptors (Lipinski definition) is 11. The van der Waals surface area contributed by atoms with E-state index in [2.05, 4.69) is 358 Å². The molecule has 139 heavy (non-hydrogen) atoms. The van der Waals surface area contributed by atoms with Gasteiger partial charge in [-0.15, -0.1) is 0 Å². The first kappa shape index (κ1) is 95.3. The van der Waals surface area contributed by atoms with Gasteiger partial charge in [-0.25, -0.2) is 44.9 Å². The Hall–Kier alpha value is -14.0. The Balaban J connectivity index is 0.000000124. The standard InChI is InChI=1S/C47H31N5.C23H15Br2N3.C21H12Br2IN3.C12H9N.C7H4BrN.C7H4ClIO/c1-2-31-25-27-32(28-26-31)45-48-46(33-13-11-15-35(29-33)51-41-21-7-3-17-37(41)38-18-4-8-22-42(38)51)50-47(49-45)34-14-12-16-36(30-34)52-43-23-9-5-19-39(43)40-20-6-10-24-44(40)52;1-2-15-9-11-16(12-10-15)21-26-22(17-5-3-7-19(24)13-17)28-23(27-21)18-6-4-8-20(25)14-18;22-16-5-1-3-14(11-16)20-25-19(13-7-9-18(24)10-8-13)26-21(27-20)15-4-2-6-17(23)12-15;1-3-7-11-9(5-1)10-6-2-4-8-12(10)13-11;8-7-3-1-2-6(4-7)5-9;8-7(10)5-1-3-6(9)4-2-5/h2-30H,1H2;2-14H,1H2;1-12H;1-8,13H;1-4H;1-4H. The summed E-state index contributed by atoms with van der Waals surface area (Å²) >= 11 is 27.0. The van der Waals surface area contributed by atoms with Crippen LogP contribution in [0.3, 0.4) is 0 Å². The van der Waals surface area contributed by atoms with Gasteiger partial charge in [0.15, 0.2) is 52.4 Å². The predicted molar refractivity (Wildman–Crippen MR) is 605 cm³/mol. The van der Waals surface area contributed by atoms with Crippen LogP contribution < -0.4 is 0 Å². The van der Waals surface area contributed by atoms with Gasteiger partial charge in [-0.3, -0.25) is 4.79 Å². The topological polar surface area (TPSA) is 183 Å². The van der Waals surface area contributed by atoms with E-state index in [1.54, 1.807) is 24.3 Å². The number of aromatic nitrogens is 12. The van der Waals surface area contributed by atoms with E-state index >= 15 is 0 Å². The summed E-state index contributed by atoms with van der Waals surface area (Å²) in [5.74, 6) is 5.69. The molecule has 0 aliphatic heterocycles. The van der Waals surface area contributed by atoms with Gasteiger partial charge in [0, 0.05) is 140 Å². The molecule has 0 fully saturated rings. The maximum absolute atomic E-state index is 10.5. The molecular formula is C117H75Br5ClI2N13O. The van der Waals surface area contributed by atoms with E-state index in [-0.39, 0.29) is 0 Å². The number of carbonyl (C=O) groups excluding carboxylic acids is 1. The van der Waals surface area contributed by atoms with Crippen molar-refractivity contribution in [2.75, 3.05) is 0 Å². The molecule has 0 bridgehead atoms. The fraction of sp³-hybridized carbons (Fsp3) is 0. The van der Waals surface area contributed by atoms with Gasteiger partial charge in [0.25, 0.3) is 5.24 Å². The molecule has 0 saturated heterocycles. The van der Waals surface area contributed by atoms with Gasteiger partial charge >= 0.3 is 0 Å². The molecule has 6 aromatic heterocycles. The summed E-state index contributed by atoms with van der Waals surface area (Å²) in [5.41, 5.74) is 20.8. The van der Waals surface area contributed by atoms with Crippen molar-refractivity contribution >= 4 is 219 Å². The first-order valence-electron chi connectivity index (χ1n) is 43.7. The maximum atomic E-state index is 10.5. The Bertz CT molecular complexity index is 8090. The second-order valence-electron chi connectivity index (χ2n) is 31.6. The fourth-order valence-electron chi connectivity index (χ4n) is 15.8. The SMILES string of the molecule is Brc1cccc(-c2nc(-c3ccc(I)cc3)nc(-c3cccc(Br)c3)n2)c1.C=Cc1ccc(-c2nc(-c3cccc(-n4c5ccccc5c5ccccc54)c3)nc(-c3cccc(-n4c5ccccc5c5ccccc54)c3)n2)cc1.C=Cc1ccc(-c2nc(-c3cccc(Br)c3)nc(-c3cccc(Br)c3)n2)cc1.N#Cc1cccc(Br)c1.O=C(Cl)c1ccc(I)cc1.c1ccc2c(c1)[nH]c1ccccc12. The van der Waals surface area contributed by atoms with Crippen molar-refractivity contribution in [3.63, 3.8) is 0 Å². The lowest BCUT2D eigenvalue weighted by molar-refractivity contribution is 0.108. The predicted octanol–water partition coefficient (Wildman–Crippen LogP) is 34.1. The molecule has 0 saturated carbocycles. The second kappa shape index (κ2) is 44.6. The number of fused-ring (bicyclic) bond motifs is 9. The summed E-state index contributed by atoms with van der Waals surface area (Å²) in [5, 5.41) is 15.5. The van der Waals surface area contributed by atoms with E-state index in [4.69, 9.17) is 61.7 Å². The molecule has 1 N–H and O–H groups in total.